The number of hydrogen-bond acceptors (Lipinski definition) is 8. The van der Waals surface area contributed by atoms with Crippen molar-refractivity contribution in [1.29, 1.82) is 0 Å². The van der Waals surface area contributed by atoms with Gasteiger partial charge in [-0.2, -0.15) is 0 Å². The Morgan fingerprint density at radius 2 is 1.89 bits per heavy atom. The molecular weight excluding hydrogens is 382 g/mol. The third-order valence-electron chi connectivity index (χ3n) is 4.24. The highest BCUT2D eigenvalue weighted by molar-refractivity contribution is 7.98. The molecule has 0 aliphatic rings. The fourth-order valence-electron chi connectivity index (χ4n) is 2.75. The SMILES string of the molecule is Cc1nc(Cc2nnc(SCc3cc(=O)oc4cc(C)c(C)cc34)o2)cs1. The molecule has 0 saturated heterocycles. The zero-order chi connectivity index (χ0) is 19.0. The quantitative estimate of drug-likeness (QED) is 0.362. The molecule has 27 heavy (non-hydrogen) atoms. The summed E-state index contributed by atoms with van der Waals surface area (Å²) in [6, 6.07) is 5.48. The third kappa shape index (κ3) is 3.96. The number of aryl methyl sites for hydroxylation is 3. The van der Waals surface area contributed by atoms with Crippen LogP contribution in [-0.4, -0.2) is 15.2 Å². The molecule has 4 aromatic rings. The van der Waals surface area contributed by atoms with Crippen molar-refractivity contribution >= 4 is 34.1 Å². The van der Waals surface area contributed by atoms with E-state index in [4.69, 9.17) is 8.83 Å². The average molecular weight is 399 g/mol. The van der Waals surface area contributed by atoms with Crippen LogP contribution in [0.1, 0.15) is 33.3 Å². The molecule has 138 valence electrons. The van der Waals surface area contributed by atoms with Gasteiger partial charge in [0.25, 0.3) is 5.22 Å². The normalized spacial score (nSPS) is 11.4. The summed E-state index contributed by atoms with van der Waals surface area (Å²) >= 11 is 3.00. The van der Waals surface area contributed by atoms with Crippen molar-refractivity contribution in [1.82, 2.24) is 15.2 Å². The largest absolute Gasteiger partial charge is 0.423 e. The lowest BCUT2D eigenvalue weighted by Crippen LogP contribution is -2.00. The fraction of sp³-hybridized carbons (Fsp3) is 0.263. The molecule has 0 amide bonds. The number of hydrogen-bond donors (Lipinski definition) is 0. The maximum atomic E-state index is 11.9. The molecule has 0 atom stereocenters. The maximum Gasteiger partial charge on any atom is 0.336 e. The van der Waals surface area contributed by atoms with Gasteiger partial charge in [-0.3, -0.25) is 0 Å². The number of aromatic nitrogens is 3. The molecule has 0 aliphatic carbocycles. The van der Waals surface area contributed by atoms with Gasteiger partial charge in [0.1, 0.15) is 5.58 Å². The molecule has 0 spiro atoms. The van der Waals surface area contributed by atoms with E-state index in [0.717, 1.165) is 32.8 Å². The van der Waals surface area contributed by atoms with E-state index in [-0.39, 0.29) is 5.63 Å². The van der Waals surface area contributed by atoms with Gasteiger partial charge in [-0.25, -0.2) is 9.78 Å². The minimum Gasteiger partial charge on any atom is -0.423 e. The van der Waals surface area contributed by atoms with Gasteiger partial charge in [-0.05, 0) is 49.6 Å². The van der Waals surface area contributed by atoms with Crippen LogP contribution >= 0.6 is 23.1 Å². The molecule has 0 unspecified atom stereocenters. The van der Waals surface area contributed by atoms with E-state index in [2.05, 4.69) is 15.2 Å². The van der Waals surface area contributed by atoms with Crippen molar-refractivity contribution < 1.29 is 8.83 Å². The van der Waals surface area contributed by atoms with Gasteiger partial charge < -0.3 is 8.83 Å². The number of benzene rings is 1. The van der Waals surface area contributed by atoms with Crippen LogP contribution in [0.5, 0.6) is 0 Å². The molecule has 0 saturated carbocycles. The first-order valence-electron chi connectivity index (χ1n) is 8.38. The van der Waals surface area contributed by atoms with Gasteiger partial charge in [0.15, 0.2) is 0 Å². The van der Waals surface area contributed by atoms with Gasteiger partial charge in [-0.1, -0.05) is 11.8 Å². The van der Waals surface area contributed by atoms with Crippen molar-refractivity contribution in [2.45, 2.75) is 38.2 Å². The highest BCUT2D eigenvalue weighted by atomic mass is 32.2. The molecule has 1 aromatic carbocycles. The molecule has 0 N–H and O–H groups in total. The van der Waals surface area contributed by atoms with Crippen LogP contribution in [0.2, 0.25) is 0 Å². The highest BCUT2D eigenvalue weighted by Crippen LogP contribution is 2.28. The van der Waals surface area contributed by atoms with Crippen LogP contribution < -0.4 is 5.63 Å². The summed E-state index contributed by atoms with van der Waals surface area (Å²) in [5, 5.41) is 12.6. The number of thiazole rings is 1. The van der Waals surface area contributed by atoms with E-state index in [0.29, 0.717) is 28.9 Å². The molecule has 3 aromatic heterocycles. The Morgan fingerprint density at radius 1 is 1.07 bits per heavy atom. The average Bonchev–Trinajstić information content (AvgIpc) is 3.23. The zero-order valence-electron chi connectivity index (χ0n) is 15.1. The second-order valence-corrected chi connectivity index (χ2v) is 8.30. The van der Waals surface area contributed by atoms with E-state index in [9.17, 15) is 4.79 Å². The van der Waals surface area contributed by atoms with Gasteiger partial charge in [0.2, 0.25) is 5.89 Å². The van der Waals surface area contributed by atoms with Gasteiger partial charge in [0, 0.05) is 22.6 Å². The van der Waals surface area contributed by atoms with Crippen molar-refractivity contribution in [3.05, 3.63) is 67.3 Å². The predicted molar refractivity (Wildman–Crippen MR) is 105 cm³/mol. The Kier molecular flexibility index (Phi) is 4.84. The third-order valence-corrected chi connectivity index (χ3v) is 5.93. The second-order valence-electron chi connectivity index (χ2n) is 6.31. The molecule has 6 nitrogen and oxygen atoms in total. The smallest absolute Gasteiger partial charge is 0.336 e. The second kappa shape index (κ2) is 7.28. The van der Waals surface area contributed by atoms with Crippen LogP contribution in [0, 0.1) is 20.8 Å². The summed E-state index contributed by atoms with van der Waals surface area (Å²) < 4.78 is 11.0. The molecule has 3 heterocycles. The molecule has 0 fully saturated rings. The predicted octanol–water partition coefficient (Wildman–Crippen LogP) is 4.44. The summed E-state index contributed by atoms with van der Waals surface area (Å²) in [6.07, 6.45) is 0.522. The van der Waals surface area contributed by atoms with E-state index >= 15 is 0 Å². The summed E-state index contributed by atoms with van der Waals surface area (Å²) in [4.78, 5) is 16.3. The molecule has 0 bridgehead atoms. The van der Waals surface area contributed by atoms with Crippen LogP contribution in [0.3, 0.4) is 0 Å². The maximum absolute atomic E-state index is 11.9. The lowest BCUT2D eigenvalue weighted by atomic mass is 10.0. The van der Waals surface area contributed by atoms with Crippen LogP contribution in [0.15, 0.2) is 42.4 Å². The van der Waals surface area contributed by atoms with Crippen LogP contribution in [0.4, 0.5) is 0 Å². The Labute approximate surface area is 163 Å². The molecule has 0 aliphatic heterocycles. The van der Waals surface area contributed by atoms with E-state index in [1.807, 2.05) is 38.3 Å². The number of thioether (sulfide) groups is 1. The van der Waals surface area contributed by atoms with E-state index in [1.54, 1.807) is 11.3 Å². The Hall–Kier alpha value is -2.45. The van der Waals surface area contributed by atoms with Crippen molar-refractivity contribution in [2.75, 3.05) is 0 Å². The first kappa shape index (κ1) is 17.9. The standard InChI is InChI=1S/C19H17N3O3S2/c1-10-4-15-13(6-18(23)24-16(15)5-11(10)2)8-27-19-22-21-17(25-19)7-14-9-26-12(3)20-14/h4-6,9H,7-8H2,1-3H3. The zero-order valence-corrected chi connectivity index (χ0v) is 16.7. The van der Waals surface area contributed by atoms with Crippen molar-refractivity contribution in [2.24, 2.45) is 0 Å². The number of nitrogens with zero attached hydrogens (tertiary/aromatic N) is 3. The minimum atomic E-state index is -0.355. The lowest BCUT2D eigenvalue weighted by molar-refractivity contribution is 0.419. The fourth-order valence-corrected chi connectivity index (χ4v) is 4.14. The number of rotatable bonds is 5. The van der Waals surface area contributed by atoms with Crippen molar-refractivity contribution in [3.63, 3.8) is 0 Å². The Morgan fingerprint density at radius 3 is 2.67 bits per heavy atom. The Balaban J connectivity index is 1.53. The van der Waals surface area contributed by atoms with E-state index in [1.165, 1.54) is 17.8 Å². The monoisotopic (exact) mass is 399 g/mol. The number of fused-ring (bicyclic) bond motifs is 1. The molecule has 8 heteroatoms. The van der Waals surface area contributed by atoms with Crippen molar-refractivity contribution in [3.8, 4) is 0 Å². The molecular formula is C19H17N3O3S2. The first-order chi connectivity index (χ1) is 13.0. The van der Waals surface area contributed by atoms with E-state index < -0.39 is 0 Å². The topological polar surface area (TPSA) is 82.0 Å². The summed E-state index contributed by atoms with van der Waals surface area (Å²) in [7, 11) is 0. The van der Waals surface area contributed by atoms with Crippen LogP contribution in [0.25, 0.3) is 11.0 Å². The summed E-state index contributed by atoms with van der Waals surface area (Å²) in [5.74, 6) is 1.08. The minimum absolute atomic E-state index is 0.355. The first-order valence-corrected chi connectivity index (χ1v) is 10.2. The summed E-state index contributed by atoms with van der Waals surface area (Å²) in [6.45, 7) is 6.01. The van der Waals surface area contributed by atoms with Gasteiger partial charge in [0.05, 0.1) is 17.1 Å². The van der Waals surface area contributed by atoms with Crippen LogP contribution in [-0.2, 0) is 12.2 Å². The van der Waals surface area contributed by atoms with Gasteiger partial charge >= 0.3 is 5.63 Å². The molecule has 0 radical (unpaired) electrons. The molecule has 4 rings (SSSR count). The lowest BCUT2D eigenvalue weighted by Gasteiger charge is -2.07. The Bertz CT molecular complexity index is 1180. The van der Waals surface area contributed by atoms with Gasteiger partial charge in [-0.15, -0.1) is 21.5 Å². The highest BCUT2D eigenvalue weighted by Gasteiger charge is 2.12. The summed E-state index contributed by atoms with van der Waals surface area (Å²) in [5.41, 5.74) is 4.31.